The topological polar surface area (TPSA) is 46.5 Å². The van der Waals surface area contributed by atoms with E-state index in [1.54, 1.807) is 0 Å². The van der Waals surface area contributed by atoms with E-state index in [-0.39, 0.29) is 12.1 Å². The van der Waals surface area contributed by atoms with Crippen LogP contribution in [0, 0.1) is 0 Å². The standard InChI is InChI=1S/C19H25N3O2/c1-3-8-17-16-10-7-12-21(16)13-14-22(17)19(23)20-15-9-5-6-11-18(15)24-4-2/h5-7,9-12,17H,3-4,8,13-14H2,1-2H3,(H,20,23)/t17-/m0/s1. The van der Waals surface area contributed by atoms with E-state index >= 15 is 0 Å². The van der Waals surface area contributed by atoms with Gasteiger partial charge in [0.25, 0.3) is 0 Å². The van der Waals surface area contributed by atoms with Crippen LogP contribution in [0.15, 0.2) is 42.6 Å². The monoisotopic (exact) mass is 327 g/mol. The van der Waals surface area contributed by atoms with Crippen LogP contribution < -0.4 is 10.1 Å². The van der Waals surface area contributed by atoms with Crippen molar-refractivity contribution in [3.05, 3.63) is 48.3 Å². The number of hydrogen-bond acceptors (Lipinski definition) is 2. The maximum absolute atomic E-state index is 12.9. The number of carbonyl (C=O) groups is 1. The van der Waals surface area contributed by atoms with E-state index in [9.17, 15) is 4.79 Å². The first-order valence-electron chi connectivity index (χ1n) is 8.69. The second-order valence-corrected chi connectivity index (χ2v) is 5.98. The minimum absolute atomic E-state index is 0.0620. The summed E-state index contributed by atoms with van der Waals surface area (Å²) >= 11 is 0. The number of fused-ring (bicyclic) bond motifs is 1. The quantitative estimate of drug-likeness (QED) is 0.891. The van der Waals surface area contributed by atoms with Gasteiger partial charge in [0.05, 0.1) is 18.3 Å². The Balaban J connectivity index is 1.79. The molecule has 128 valence electrons. The zero-order valence-corrected chi connectivity index (χ0v) is 14.4. The number of rotatable bonds is 5. The molecule has 2 amide bonds. The summed E-state index contributed by atoms with van der Waals surface area (Å²) in [4.78, 5) is 14.8. The van der Waals surface area contributed by atoms with Crippen molar-refractivity contribution in [2.75, 3.05) is 18.5 Å². The number of nitrogens with one attached hydrogen (secondary N) is 1. The molecule has 0 unspecified atom stereocenters. The molecule has 1 aromatic carbocycles. The summed E-state index contributed by atoms with van der Waals surface area (Å²) in [7, 11) is 0. The molecule has 1 aliphatic rings. The van der Waals surface area contributed by atoms with Gasteiger partial charge in [-0.05, 0) is 37.6 Å². The number of carbonyl (C=O) groups excluding carboxylic acids is 1. The van der Waals surface area contributed by atoms with Crippen molar-refractivity contribution in [2.45, 2.75) is 39.3 Å². The van der Waals surface area contributed by atoms with Gasteiger partial charge in [-0.3, -0.25) is 0 Å². The van der Waals surface area contributed by atoms with Crippen LogP contribution in [0.3, 0.4) is 0 Å². The van der Waals surface area contributed by atoms with Crippen LogP contribution in [0.1, 0.15) is 38.4 Å². The highest BCUT2D eigenvalue weighted by atomic mass is 16.5. The van der Waals surface area contributed by atoms with Crippen molar-refractivity contribution >= 4 is 11.7 Å². The van der Waals surface area contributed by atoms with Crippen molar-refractivity contribution in [1.82, 2.24) is 9.47 Å². The molecule has 0 aliphatic carbocycles. The Bertz CT molecular complexity index is 695. The molecule has 1 aliphatic heterocycles. The van der Waals surface area contributed by atoms with Gasteiger partial charge in [-0.2, -0.15) is 0 Å². The number of aromatic nitrogens is 1. The summed E-state index contributed by atoms with van der Waals surface area (Å²) < 4.78 is 7.85. The number of ether oxygens (including phenoxy) is 1. The number of nitrogens with zero attached hydrogens (tertiary/aromatic N) is 2. The van der Waals surface area contributed by atoms with E-state index in [1.807, 2.05) is 36.1 Å². The van der Waals surface area contributed by atoms with Crippen LogP contribution in [0.2, 0.25) is 0 Å². The molecule has 0 fully saturated rings. The zero-order valence-electron chi connectivity index (χ0n) is 14.4. The second-order valence-electron chi connectivity index (χ2n) is 5.98. The minimum atomic E-state index is -0.0620. The molecule has 5 heteroatoms. The fraction of sp³-hybridized carbons (Fsp3) is 0.421. The van der Waals surface area contributed by atoms with Gasteiger partial charge in [-0.15, -0.1) is 0 Å². The summed E-state index contributed by atoms with van der Waals surface area (Å²) in [5, 5.41) is 3.03. The molecule has 1 atom stereocenters. The summed E-state index contributed by atoms with van der Waals surface area (Å²) in [5.74, 6) is 0.709. The molecule has 1 aromatic heterocycles. The molecular weight excluding hydrogens is 302 g/mol. The minimum Gasteiger partial charge on any atom is -0.492 e. The third kappa shape index (κ3) is 3.25. The molecule has 0 radical (unpaired) electrons. The van der Waals surface area contributed by atoms with Crippen molar-refractivity contribution in [3.63, 3.8) is 0 Å². The van der Waals surface area contributed by atoms with E-state index < -0.39 is 0 Å². The van der Waals surface area contributed by atoms with Crippen LogP contribution >= 0.6 is 0 Å². The molecular formula is C19H25N3O2. The van der Waals surface area contributed by atoms with E-state index in [0.717, 1.165) is 31.6 Å². The van der Waals surface area contributed by atoms with E-state index in [2.05, 4.69) is 35.1 Å². The summed E-state index contributed by atoms with van der Waals surface area (Å²) in [6, 6.07) is 11.8. The molecule has 2 aromatic rings. The number of hydrogen-bond donors (Lipinski definition) is 1. The highest BCUT2D eigenvalue weighted by Crippen LogP contribution is 2.31. The van der Waals surface area contributed by atoms with E-state index in [1.165, 1.54) is 5.69 Å². The molecule has 24 heavy (non-hydrogen) atoms. The lowest BCUT2D eigenvalue weighted by Crippen LogP contribution is -2.44. The Kier molecular flexibility index (Phi) is 5.08. The van der Waals surface area contributed by atoms with Crippen LogP contribution in [-0.2, 0) is 6.54 Å². The largest absolute Gasteiger partial charge is 0.492 e. The Morgan fingerprint density at radius 3 is 2.83 bits per heavy atom. The summed E-state index contributed by atoms with van der Waals surface area (Å²) in [6.07, 6.45) is 4.09. The summed E-state index contributed by atoms with van der Waals surface area (Å²) in [5.41, 5.74) is 1.94. The number of benzene rings is 1. The Hall–Kier alpha value is -2.43. The first-order chi connectivity index (χ1) is 11.7. The first kappa shape index (κ1) is 16.4. The molecule has 0 bridgehead atoms. The van der Waals surface area contributed by atoms with Gasteiger partial charge in [0.1, 0.15) is 5.75 Å². The highest BCUT2D eigenvalue weighted by molar-refractivity contribution is 5.91. The second kappa shape index (κ2) is 7.43. The normalized spacial score (nSPS) is 16.6. The predicted octanol–water partition coefficient (Wildman–Crippen LogP) is 4.28. The smallest absolute Gasteiger partial charge is 0.322 e. The molecule has 5 nitrogen and oxygen atoms in total. The fourth-order valence-corrected chi connectivity index (χ4v) is 3.32. The Morgan fingerprint density at radius 2 is 2.04 bits per heavy atom. The maximum atomic E-state index is 12.9. The lowest BCUT2D eigenvalue weighted by atomic mass is 10.0. The zero-order chi connectivity index (χ0) is 16.9. The first-order valence-corrected chi connectivity index (χ1v) is 8.69. The molecule has 0 spiro atoms. The third-order valence-corrected chi connectivity index (χ3v) is 4.42. The van der Waals surface area contributed by atoms with E-state index in [0.29, 0.717) is 12.4 Å². The average Bonchev–Trinajstić information content (AvgIpc) is 3.06. The Labute approximate surface area is 143 Å². The number of amides is 2. The third-order valence-electron chi connectivity index (χ3n) is 4.42. The molecule has 1 N–H and O–H groups in total. The van der Waals surface area contributed by atoms with Gasteiger partial charge in [0.2, 0.25) is 0 Å². The number of anilines is 1. The average molecular weight is 327 g/mol. The maximum Gasteiger partial charge on any atom is 0.322 e. The van der Waals surface area contributed by atoms with Crippen LogP contribution in [0.5, 0.6) is 5.75 Å². The summed E-state index contributed by atoms with van der Waals surface area (Å²) in [6.45, 7) is 6.22. The van der Waals surface area contributed by atoms with Crippen LogP contribution in [0.25, 0.3) is 0 Å². The predicted molar refractivity (Wildman–Crippen MR) is 95.4 cm³/mol. The fourth-order valence-electron chi connectivity index (χ4n) is 3.32. The number of urea groups is 1. The van der Waals surface area contributed by atoms with Crippen LogP contribution in [-0.4, -0.2) is 28.6 Å². The van der Waals surface area contributed by atoms with Gasteiger partial charge in [0.15, 0.2) is 0 Å². The van der Waals surface area contributed by atoms with Crippen molar-refractivity contribution in [3.8, 4) is 5.75 Å². The van der Waals surface area contributed by atoms with Crippen molar-refractivity contribution in [2.24, 2.45) is 0 Å². The molecule has 0 saturated carbocycles. The van der Waals surface area contributed by atoms with Gasteiger partial charge in [0, 0.05) is 25.0 Å². The molecule has 3 rings (SSSR count). The van der Waals surface area contributed by atoms with Crippen molar-refractivity contribution < 1.29 is 9.53 Å². The van der Waals surface area contributed by atoms with Gasteiger partial charge >= 0.3 is 6.03 Å². The lowest BCUT2D eigenvalue weighted by molar-refractivity contribution is 0.163. The van der Waals surface area contributed by atoms with Gasteiger partial charge < -0.3 is 19.5 Å². The van der Waals surface area contributed by atoms with E-state index in [4.69, 9.17) is 4.74 Å². The van der Waals surface area contributed by atoms with Crippen molar-refractivity contribution in [1.29, 1.82) is 0 Å². The van der Waals surface area contributed by atoms with Crippen LogP contribution in [0.4, 0.5) is 10.5 Å². The SMILES string of the molecule is CCC[C@H]1c2cccn2CCN1C(=O)Nc1ccccc1OCC. The molecule has 0 saturated heterocycles. The highest BCUT2D eigenvalue weighted by Gasteiger charge is 2.30. The molecule has 2 heterocycles. The van der Waals surface area contributed by atoms with Gasteiger partial charge in [-0.1, -0.05) is 25.5 Å². The number of para-hydroxylation sites is 2. The Morgan fingerprint density at radius 1 is 1.21 bits per heavy atom. The lowest BCUT2D eigenvalue weighted by Gasteiger charge is -2.37. The van der Waals surface area contributed by atoms with Gasteiger partial charge in [-0.25, -0.2) is 4.79 Å².